The lowest BCUT2D eigenvalue weighted by Gasteiger charge is -2.05. The van der Waals surface area contributed by atoms with Crippen molar-refractivity contribution in [2.45, 2.75) is 6.92 Å². The Hall–Kier alpha value is -1.73. The second-order valence-electron chi connectivity index (χ2n) is 2.69. The molecular weight excluding hydrogens is 218 g/mol. The van der Waals surface area contributed by atoms with E-state index < -0.39 is 5.97 Å². The van der Waals surface area contributed by atoms with Crippen molar-refractivity contribution in [3.63, 3.8) is 0 Å². The molecule has 15 heavy (non-hydrogen) atoms. The van der Waals surface area contributed by atoms with Gasteiger partial charge in [0.1, 0.15) is 5.75 Å². The molecule has 0 amide bonds. The van der Waals surface area contributed by atoms with E-state index in [9.17, 15) is 9.90 Å². The highest BCUT2D eigenvalue weighted by Crippen LogP contribution is 2.29. The maximum absolute atomic E-state index is 11.4. The molecule has 0 bridgehead atoms. The molecule has 1 N–H and O–H groups in total. The number of hydrogen-bond acceptors (Lipinski definition) is 4. The van der Waals surface area contributed by atoms with Crippen molar-refractivity contribution >= 4 is 17.6 Å². The number of carbonyl (C=O) groups excluding carboxylic acids is 1. The van der Waals surface area contributed by atoms with Crippen LogP contribution in [0.2, 0.25) is 5.02 Å². The smallest absolute Gasteiger partial charge is 0.339 e. The van der Waals surface area contributed by atoms with Crippen molar-refractivity contribution in [3.05, 3.63) is 28.3 Å². The van der Waals surface area contributed by atoms with Crippen LogP contribution < -0.4 is 0 Å². The predicted octanol–water partition coefficient (Wildman–Crippen LogP) is 2.09. The van der Waals surface area contributed by atoms with Gasteiger partial charge in [0.15, 0.2) is 0 Å². The number of benzene rings is 1. The van der Waals surface area contributed by atoms with Gasteiger partial charge in [0.2, 0.25) is 0 Å². The van der Waals surface area contributed by atoms with E-state index in [0.29, 0.717) is 0 Å². The number of nitriles is 1. The zero-order valence-corrected chi connectivity index (χ0v) is 8.71. The maximum atomic E-state index is 11.4. The third-order valence-corrected chi connectivity index (χ3v) is 2.08. The SMILES string of the molecule is CCOC(=O)c1cc(C#N)cc(O)c1Cl. The van der Waals surface area contributed by atoms with Gasteiger partial charge in [0.25, 0.3) is 0 Å². The third-order valence-electron chi connectivity index (χ3n) is 1.68. The molecular formula is C10H8ClNO3. The molecule has 78 valence electrons. The number of hydrogen-bond donors (Lipinski definition) is 1. The second-order valence-corrected chi connectivity index (χ2v) is 3.07. The monoisotopic (exact) mass is 225 g/mol. The van der Waals surface area contributed by atoms with Gasteiger partial charge < -0.3 is 9.84 Å². The van der Waals surface area contributed by atoms with Gasteiger partial charge in [-0.1, -0.05) is 11.6 Å². The third kappa shape index (κ3) is 2.39. The van der Waals surface area contributed by atoms with E-state index in [1.165, 1.54) is 12.1 Å². The summed E-state index contributed by atoms with van der Waals surface area (Å²) in [6.45, 7) is 1.85. The van der Waals surface area contributed by atoms with Crippen molar-refractivity contribution < 1.29 is 14.6 Å². The maximum Gasteiger partial charge on any atom is 0.339 e. The Morgan fingerprint density at radius 1 is 1.67 bits per heavy atom. The zero-order chi connectivity index (χ0) is 11.4. The van der Waals surface area contributed by atoms with Crippen molar-refractivity contribution in [3.8, 4) is 11.8 Å². The largest absolute Gasteiger partial charge is 0.506 e. The molecule has 0 aromatic heterocycles. The average molecular weight is 226 g/mol. The van der Waals surface area contributed by atoms with Gasteiger partial charge in [-0.15, -0.1) is 0 Å². The van der Waals surface area contributed by atoms with Gasteiger partial charge in [0, 0.05) is 0 Å². The van der Waals surface area contributed by atoms with Crippen LogP contribution in [0.5, 0.6) is 5.75 Å². The first-order valence-electron chi connectivity index (χ1n) is 4.19. The number of phenolic OH excluding ortho intramolecular Hbond substituents is 1. The number of rotatable bonds is 2. The first-order chi connectivity index (χ1) is 7.10. The normalized spacial score (nSPS) is 9.40. The van der Waals surface area contributed by atoms with E-state index >= 15 is 0 Å². The Balaban J connectivity index is 3.23. The van der Waals surface area contributed by atoms with E-state index in [2.05, 4.69) is 0 Å². The summed E-state index contributed by atoms with van der Waals surface area (Å²) in [7, 11) is 0. The lowest BCUT2D eigenvalue weighted by Crippen LogP contribution is -2.05. The summed E-state index contributed by atoms with van der Waals surface area (Å²) in [5, 5.41) is 17.9. The highest BCUT2D eigenvalue weighted by molar-refractivity contribution is 6.35. The van der Waals surface area contributed by atoms with E-state index in [1.807, 2.05) is 0 Å². The number of phenols is 1. The summed E-state index contributed by atoms with van der Waals surface area (Å²) in [4.78, 5) is 11.4. The fraction of sp³-hybridized carbons (Fsp3) is 0.200. The molecule has 4 nitrogen and oxygen atoms in total. The van der Waals surface area contributed by atoms with Crippen molar-refractivity contribution in [2.75, 3.05) is 6.61 Å². The molecule has 1 rings (SSSR count). The molecule has 5 heteroatoms. The lowest BCUT2D eigenvalue weighted by molar-refractivity contribution is 0.0526. The Bertz CT molecular complexity index is 437. The van der Waals surface area contributed by atoms with Crippen LogP contribution in [0, 0.1) is 11.3 Å². The van der Waals surface area contributed by atoms with E-state index in [1.54, 1.807) is 13.0 Å². The van der Waals surface area contributed by atoms with Crippen molar-refractivity contribution in [1.82, 2.24) is 0 Å². The number of nitrogens with zero attached hydrogens (tertiary/aromatic N) is 1. The van der Waals surface area contributed by atoms with Crippen molar-refractivity contribution in [2.24, 2.45) is 0 Å². The van der Waals surface area contributed by atoms with Crippen LogP contribution in [0.3, 0.4) is 0 Å². The number of ether oxygens (including phenoxy) is 1. The first kappa shape index (κ1) is 11.3. The lowest BCUT2D eigenvalue weighted by atomic mass is 10.1. The highest BCUT2D eigenvalue weighted by Gasteiger charge is 2.16. The highest BCUT2D eigenvalue weighted by atomic mass is 35.5. The topological polar surface area (TPSA) is 70.3 Å². The van der Waals surface area contributed by atoms with Gasteiger partial charge in [-0.2, -0.15) is 5.26 Å². The fourth-order valence-electron chi connectivity index (χ4n) is 1.03. The number of aromatic hydroxyl groups is 1. The molecule has 0 heterocycles. The summed E-state index contributed by atoms with van der Waals surface area (Å²) in [6.07, 6.45) is 0. The molecule has 0 aliphatic carbocycles. The molecule has 0 spiro atoms. The van der Waals surface area contributed by atoms with Gasteiger partial charge in [-0.3, -0.25) is 0 Å². The molecule has 1 aromatic rings. The van der Waals surface area contributed by atoms with Crippen molar-refractivity contribution in [1.29, 1.82) is 5.26 Å². The van der Waals surface area contributed by atoms with Gasteiger partial charge >= 0.3 is 5.97 Å². The predicted molar refractivity (Wildman–Crippen MR) is 53.8 cm³/mol. The number of halogens is 1. The summed E-state index contributed by atoms with van der Waals surface area (Å²) in [6, 6.07) is 4.27. The summed E-state index contributed by atoms with van der Waals surface area (Å²) in [5.74, 6) is -0.964. The van der Waals surface area contributed by atoms with Crippen LogP contribution in [0.25, 0.3) is 0 Å². The summed E-state index contributed by atoms with van der Waals surface area (Å²) >= 11 is 5.69. The standard InChI is InChI=1S/C10H8ClNO3/c1-2-15-10(14)7-3-6(5-12)4-8(13)9(7)11/h3-4,13H,2H2,1H3. The number of carbonyl (C=O) groups is 1. The molecule has 0 radical (unpaired) electrons. The average Bonchev–Trinajstić information content (AvgIpc) is 2.22. The first-order valence-corrected chi connectivity index (χ1v) is 4.57. The van der Waals surface area contributed by atoms with Crippen LogP contribution in [0.15, 0.2) is 12.1 Å². The molecule has 0 unspecified atom stereocenters. The fourth-order valence-corrected chi connectivity index (χ4v) is 1.22. The molecule has 0 aliphatic heterocycles. The van der Waals surface area contributed by atoms with Crippen LogP contribution in [0.4, 0.5) is 0 Å². The minimum Gasteiger partial charge on any atom is -0.506 e. The quantitative estimate of drug-likeness (QED) is 0.783. The van der Waals surface area contributed by atoms with E-state index in [0.717, 1.165) is 0 Å². The second kappa shape index (κ2) is 4.67. The summed E-state index contributed by atoms with van der Waals surface area (Å²) < 4.78 is 4.72. The zero-order valence-electron chi connectivity index (χ0n) is 7.95. The Morgan fingerprint density at radius 2 is 2.33 bits per heavy atom. The van der Waals surface area contributed by atoms with E-state index in [-0.39, 0.29) is 28.5 Å². The van der Waals surface area contributed by atoms with Gasteiger partial charge in [0.05, 0.1) is 28.8 Å². The Labute approximate surface area is 91.7 Å². The molecule has 1 aromatic carbocycles. The van der Waals surface area contributed by atoms with Crippen LogP contribution >= 0.6 is 11.6 Å². The molecule has 0 aliphatic rings. The molecule has 0 atom stereocenters. The van der Waals surface area contributed by atoms with Crippen LogP contribution in [-0.4, -0.2) is 17.7 Å². The minimum absolute atomic E-state index is 0.00457. The molecule has 0 saturated heterocycles. The van der Waals surface area contributed by atoms with E-state index in [4.69, 9.17) is 21.6 Å². The minimum atomic E-state index is -0.658. The summed E-state index contributed by atoms with van der Waals surface area (Å²) in [5.41, 5.74) is 0.148. The number of esters is 1. The molecule has 0 saturated carbocycles. The Morgan fingerprint density at radius 3 is 2.87 bits per heavy atom. The van der Waals surface area contributed by atoms with Gasteiger partial charge in [-0.25, -0.2) is 4.79 Å². The Kier molecular flexibility index (Phi) is 3.53. The molecule has 0 fully saturated rings. The van der Waals surface area contributed by atoms with Crippen LogP contribution in [-0.2, 0) is 4.74 Å². The van der Waals surface area contributed by atoms with Crippen LogP contribution in [0.1, 0.15) is 22.8 Å². The van der Waals surface area contributed by atoms with Gasteiger partial charge in [-0.05, 0) is 19.1 Å².